The Kier molecular flexibility index (Phi) is 5.18. The van der Waals surface area contributed by atoms with E-state index in [9.17, 15) is 9.90 Å². The van der Waals surface area contributed by atoms with Crippen molar-refractivity contribution in [3.63, 3.8) is 0 Å². The van der Waals surface area contributed by atoms with Crippen molar-refractivity contribution in [1.82, 2.24) is 10.2 Å². The molecule has 0 atom stereocenters. The summed E-state index contributed by atoms with van der Waals surface area (Å²) in [5.74, 6) is -0.730. The van der Waals surface area contributed by atoms with E-state index in [0.717, 1.165) is 32.7 Å². The fourth-order valence-electron chi connectivity index (χ4n) is 2.16. The maximum atomic E-state index is 11.2. The zero-order valence-corrected chi connectivity index (χ0v) is 10.2. The maximum absolute atomic E-state index is 11.2. The molecule has 1 aliphatic heterocycles. The lowest BCUT2D eigenvalue weighted by atomic mass is 9.88. The fraction of sp³-hybridized carbons (Fsp3) is 0.909. The van der Waals surface area contributed by atoms with E-state index >= 15 is 0 Å². The molecule has 1 fully saturated rings. The molecule has 5 heteroatoms. The van der Waals surface area contributed by atoms with E-state index in [-0.39, 0.29) is 0 Å². The lowest BCUT2D eigenvalue weighted by Crippen LogP contribution is -2.57. The second-order valence-electron chi connectivity index (χ2n) is 4.33. The first-order valence-corrected chi connectivity index (χ1v) is 5.78. The summed E-state index contributed by atoms with van der Waals surface area (Å²) in [4.78, 5) is 13.5. The third-order valence-corrected chi connectivity index (χ3v) is 3.42. The normalized spacial score (nSPS) is 20.9. The highest BCUT2D eigenvalue weighted by molar-refractivity contribution is 5.78. The van der Waals surface area contributed by atoms with Gasteiger partial charge in [-0.1, -0.05) is 0 Å². The number of ether oxygens (including phenoxy) is 1. The second kappa shape index (κ2) is 6.18. The average Bonchev–Trinajstić information content (AvgIpc) is 2.30. The molecule has 16 heavy (non-hydrogen) atoms. The second-order valence-corrected chi connectivity index (χ2v) is 4.33. The molecule has 2 N–H and O–H groups in total. The molecule has 5 nitrogen and oxygen atoms in total. The minimum absolute atomic E-state index is 0.672. The predicted octanol–water partition coefficient (Wildman–Crippen LogP) is 0.161. The van der Waals surface area contributed by atoms with Gasteiger partial charge in [-0.3, -0.25) is 4.79 Å². The van der Waals surface area contributed by atoms with Crippen molar-refractivity contribution < 1.29 is 14.6 Å². The first-order valence-electron chi connectivity index (χ1n) is 5.78. The van der Waals surface area contributed by atoms with E-state index in [4.69, 9.17) is 4.74 Å². The Hall–Kier alpha value is -0.650. The average molecular weight is 230 g/mol. The quantitative estimate of drug-likeness (QED) is 0.637. The molecule has 1 saturated heterocycles. The van der Waals surface area contributed by atoms with Crippen LogP contribution >= 0.6 is 0 Å². The highest BCUT2D eigenvalue weighted by atomic mass is 16.5. The van der Waals surface area contributed by atoms with Gasteiger partial charge in [0.1, 0.15) is 5.54 Å². The number of likely N-dealkylation sites (N-methyl/N-ethyl adjacent to an activating group) is 1. The molecule has 0 amide bonds. The molecule has 0 aromatic carbocycles. The number of hydrogen-bond acceptors (Lipinski definition) is 4. The third-order valence-electron chi connectivity index (χ3n) is 3.42. The van der Waals surface area contributed by atoms with Crippen LogP contribution in [0.2, 0.25) is 0 Å². The molecule has 0 aromatic rings. The van der Waals surface area contributed by atoms with Gasteiger partial charge in [-0.15, -0.1) is 0 Å². The summed E-state index contributed by atoms with van der Waals surface area (Å²) < 4.78 is 5.00. The Morgan fingerprint density at radius 1 is 1.50 bits per heavy atom. The number of rotatable bonds is 6. The smallest absolute Gasteiger partial charge is 0.323 e. The number of piperidine rings is 1. The molecule has 0 spiro atoms. The molecule has 0 unspecified atom stereocenters. The summed E-state index contributed by atoms with van der Waals surface area (Å²) >= 11 is 0. The topological polar surface area (TPSA) is 61.8 Å². The number of methoxy groups -OCH3 is 1. The van der Waals surface area contributed by atoms with Gasteiger partial charge in [0.05, 0.1) is 0 Å². The van der Waals surface area contributed by atoms with Crippen LogP contribution in [0.1, 0.15) is 19.3 Å². The monoisotopic (exact) mass is 230 g/mol. The van der Waals surface area contributed by atoms with Gasteiger partial charge in [0.2, 0.25) is 0 Å². The van der Waals surface area contributed by atoms with E-state index in [1.54, 1.807) is 14.2 Å². The number of likely N-dealkylation sites (tertiary alicyclic amines) is 1. The molecule has 0 aliphatic carbocycles. The number of aliphatic carboxylic acids is 1. The van der Waals surface area contributed by atoms with Crippen LogP contribution in [0, 0.1) is 0 Å². The van der Waals surface area contributed by atoms with E-state index < -0.39 is 11.5 Å². The summed E-state index contributed by atoms with van der Waals surface area (Å²) in [5.41, 5.74) is -0.711. The molecule has 0 aromatic heterocycles. The minimum Gasteiger partial charge on any atom is -0.480 e. The Bertz CT molecular complexity index is 225. The van der Waals surface area contributed by atoms with E-state index in [1.165, 1.54) is 0 Å². The summed E-state index contributed by atoms with van der Waals surface area (Å²) in [6.07, 6.45) is 2.35. The maximum Gasteiger partial charge on any atom is 0.323 e. The van der Waals surface area contributed by atoms with Crippen LogP contribution in [0.4, 0.5) is 0 Å². The predicted molar refractivity (Wildman–Crippen MR) is 61.6 cm³/mol. The largest absolute Gasteiger partial charge is 0.480 e. The van der Waals surface area contributed by atoms with Gasteiger partial charge in [0, 0.05) is 33.4 Å². The summed E-state index contributed by atoms with van der Waals surface area (Å²) in [5, 5.41) is 12.1. The van der Waals surface area contributed by atoms with Crippen molar-refractivity contribution >= 4 is 5.97 Å². The van der Waals surface area contributed by atoms with Crippen LogP contribution in [0.3, 0.4) is 0 Å². The van der Waals surface area contributed by atoms with Crippen molar-refractivity contribution in [2.75, 3.05) is 40.4 Å². The Morgan fingerprint density at radius 2 is 2.12 bits per heavy atom. The number of carboxylic acid groups (broad SMARTS) is 1. The van der Waals surface area contributed by atoms with Crippen molar-refractivity contribution in [2.45, 2.75) is 24.8 Å². The molecule has 0 saturated carbocycles. The van der Waals surface area contributed by atoms with Crippen molar-refractivity contribution in [3.8, 4) is 0 Å². The van der Waals surface area contributed by atoms with Crippen molar-refractivity contribution in [2.24, 2.45) is 0 Å². The zero-order valence-electron chi connectivity index (χ0n) is 10.2. The van der Waals surface area contributed by atoms with Crippen LogP contribution in [0.15, 0.2) is 0 Å². The van der Waals surface area contributed by atoms with Gasteiger partial charge < -0.3 is 20.1 Å². The van der Waals surface area contributed by atoms with Crippen LogP contribution < -0.4 is 5.32 Å². The van der Waals surface area contributed by atoms with Gasteiger partial charge in [0.25, 0.3) is 0 Å². The standard InChI is InChI=1S/C11H22N2O3/c1-12-11(10(14)15)4-7-13(8-5-11)6-3-9-16-2/h12H,3-9H2,1-2H3,(H,14,15). The lowest BCUT2D eigenvalue weighted by Gasteiger charge is -2.38. The van der Waals surface area contributed by atoms with Crippen LogP contribution in [-0.4, -0.2) is 61.9 Å². The van der Waals surface area contributed by atoms with Crippen molar-refractivity contribution in [3.05, 3.63) is 0 Å². The third kappa shape index (κ3) is 3.17. The molecule has 1 rings (SSSR count). The minimum atomic E-state index is -0.730. The van der Waals surface area contributed by atoms with Gasteiger partial charge >= 0.3 is 5.97 Å². The van der Waals surface area contributed by atoms with Crippen LogP contribution in [-0.2, 0) is 9.53 Å². The van der Waals surface area contributed by atoms with Gasteiger partial charge in [-0.25, -0.2) is 0 Å². The molecule has 0 radical (unpaired) electrons. The summed E-state index contributed by atoms with van der Waals surface area (Å²) in [6, 6.07) is 0. The van der Waals surface area contributed by atoms with Crippen molar-refractivity contribution in [1.29, 1.82) is 0 Å². The lowest BCUT2D eigenvalue weighted by molar-refractivity contribution is -0.146. The number of carbonyl (C=O) groups is 1. The Morgan fingerprint density at radius 3 is 2.56 bits per heavy atom. The van der Waals surface area contributed by atoms with Gasteiger partial charge in [-0.05, 0) is 26.3 Å². The van der Waals surface area contributed by atoms with Gasteiger partial charge in [0.15, 0.2) is 0 Å². The molecular weight excluding hydrogens is 208 g/mol. The zero-order chi connectivity index (χ0) is 12.0. The number of carboxylic acids is 1. The van der Waals surface area contributed by atoms with E-state index in [1.807, 2.05) is 0 Å². The molecule has 0 bridgehead atoms. The van der Waals surface area contributed by atoms with E-state index in [0.29, 0.717) is 12.8 Å². The Balaban J connectivity index is 2.35. The van der Waals surface area contributed by atoms with Crippen LogP contribution in [0.5, 0.6) is 0 Å². The Labute approximate surface area is 96.8 Å². The highest BCUT2D eigenvalue weighted by Crippen LogP contribution is 2.22. The highest BCUT2D eigenvalue weighted by Gasteiger charge is 2.39. The first-order chi connectivity index (χ1) is 7.64. The van der Waals surface area contributed by atoms with Gasteiger partial charge in [-0.2, -0.15) is 0 Å². The first kappa shape index (κ1) is 13.4. The SMILES string of the molecule is CNC1(C(=O)O)CCN(CCCOC)CC1. The van der Waals surface area contributed by atoms with E-state index in [2.05, 4.69) is 10.2 Å². The number of nitrogens with one attached hydrogen (secondary N) is 1. The molecule has 1 aliphatic rings. The molecule has 1 heterocycles. The summed E-state index contributed by atoms with van der Waals surface area (Å²) in [7, 11) is 3.43. The molecular formula is C11H22N2O3. The summed E-state index contributed by atoms with van der Waals surface area (Å²) in [6.45, 7) is 3.45. The molecule has 94 valence electrons. The fourth-order valence-corrected chi connectivity index (χ4v) is 2.16. The number of hydrogen-bond donors (Lipinski definition) is 2. The van der Waals surface area contributed by atoms with Crippen LogP contribution in [0.25, 0.3) is 0 Å². The number of nitrogens with zero attached hydrogens (tertiary/aromatic N) is 1.